The number of hydrogen-bond acceptors (Lipinski definition) is 8. The fraction of sp³-hybridized carbons (Fsp3) is 0.120. The lowest BCUT2D eigenvalue weighted by Gasteiger charge is -2.13. The lowest BCUT2D eigenvalue weighted by Crippen LogP contribution is -2.24. The number of hydrogen-bond donors (Lipinski definition) is 2. The molecule has 11 heteroatoms. The van der Waals surface area contributed by atoms with Crippen molar-refractivity contribution in [2.45, 2.75) is 5.16 Å². The summed E-state index contributed by atoms with van der Waals surface area (Å²) in [5.74, 6) is -0.117. The van der Waals surface area contributed by atoms with Gasteiger partial charge in [-0.25, -0.2) is 10.4 Å². The van der Waals surface area contributed by atoms with Gasteiger partial charge in [0.15, 0.2) is 16.7 Å². The molecule has 0 saturated heterocycles. The Kier molecular flexibility index (Phi) is 7.91. The molecule has 0 aliphatic carbocycles. The van der Waals surface area contributed by atoms with E-state index >= 15 is 0 Å². The van der Waals surface area contributed by atoms with Gasteiger partial charge in [-0.3, -0.25) is 14.2 Å². The van der Waals surface area contributed by atoms with E-state index in [0.29, 0.717) is 27.3 Å². The molecule has 0 atom stereocenters. The van der Waals surface area contributed by atoms with Crippen molar-refractivity contribution in [2.24, 2.45) is 5.10 Å². The van der Waals surface area contributed by atoms with E-state index in [1.54, 1.807) is 42.5 Å². The number of methoxy groups -OCH3 is 2. The molecule has 1 heterocycles. The van der Waals surface area contributed by atoms with Crippen LogP contribution in [0, 0.1) is 0 Å². The molecule has 0 fully saturated rings. The molecule has 4 aromatic rings. The normalized spacial score (nSPS) is 11.1. The van der Waals surface area contributed by atoms with Crippen molar-refractivity contribution in [1.29, 1.82) is 0 Å². The Morgan fingerprint density at radius 3 is 2.47 bits per heavy atom. The zero-order valence-electron chi connectivity index (χ0n) is 19.3. The maximum atomic E-state index is 13.3. The van der Waals surface area contributed by atoms with Crippen LogP contribution < -0.4 is 20.5 Å². The summed E-state index contributed by atoms with van der Waals surface area (Å²) in [6.07, 6.45) is 1.40. The number of benzene rings is 3. The van der Waals surface area contributed by atoms with Crippen molar-refractivity contribution in [2.75, 3.05) is 20.0 Å². The molecule has 36 heavy (non-hydrogen) atoms. The van der Waals surface area contributed by atoms with Crippen molar-refractivity contribution < 1.29 is 19.4 Å². The van der Waals surface area contributed by atoms with Gasteiger partial charge in [-0.1, -0.05) is 39.8 Å². The van der Waals surface area contributed by atoms with Crippen LogP contribution in [0.15, 0.2) is 80.2 Å². The van der Waals surface area contributed by atoms with E-state index in [9.17, 15) is 14.7 Å². The average molecular weight is 569 g/mol. The topological polar surface area (TPSA) is 115 Å². The predicted molar refractivity (Wildman–Crippen MR) is 143 cm³/mol. The first kappa shape index (κ1) is 25.3. The number of amides is 1. The predicted octanol–water partition coefficient (Wildman–Crippen LogP) is 4.11. The molecular formula is C25H21BrN4O5S. The largest absolute Gasteiger partial charge is 0.502 e. The van der Waals surface area contributed by atoms with E-state index in [1.165, 1.54) is 25.0 Å². The van der Waals surface area contributed by atoms with Gasteiger partial charge in [0.25, 0.3) is 11.5 Å². The third kappa shape index (κ3) is 5.52. The van der Waals surface area contributed by atoms with Gasteiger partial charge in [-0.05, 0) is 48.5 Å². The number of fused-ring (bicyclic) bond motifs is 1. The van der Waals surface area contributed by atoms with Gasteiger partial charge in [-0.2, -0.15) is 5.10 Å². The lowest BCUT2D eigenvalue weighted by molar-refractivity contribution is -0.118. The molecule has 1 aromatic heterocycles. The molecule has 9 nitrogen and oxygen atoms in total. The molecule has 4 rings (SSSR count). The van der Waals surface area contributed by atoms with Crippen molar-refractivity contribution in [3.63, 3.8) is 0 Å². The Morgan fingerprint density at radius 1 is 1.14 bits per heavy atom. The Balaban J connectivity index is 1.53. The van der Waals surface area contributed by atoms with Crippen LogP contribution >= 0.6 is 27.7 Å². The smallest absolute Gasteiger partial charge is 0.266 e. The van der Waals surface area contributed by atoms with Crippen LogP contribution in [0.4, 0.5) is 0 Å². The highest BCUT2D eigenvalue weighted by molar-refractivity contribution is 9.10. The van der Waals surface area contributed by atoms with Crippen LogP contribution in [0.3, 0.4) is 0 Å². The molecule has 0 saturated carbocycles. The van der Waals surface area contributed by atoms with E-state index in [2.05, 4.69) is 31.4 Å². The maximum absolute atomic E-state index is 13.3. The molecule has 2 N–H and O–H groups in total. The first-order valence-corrected chi connectivity index (χ1v) is 12.4. The summed E-state index contributed by atoms with van der Waals surface area (Å²) in [6, 6.07) is 17.5. The number of hydrazone groups is 1. The third-order valence-electron chi connectivity index (χ3n) is 5.07. The minimum absolute atomic E-state index is 0.0269. The molecule has 0 bridgehead atoms. The van der Waals surface area contributed by atoms with Crippen molar-refractivity contribution in [3.05, 3.63) is 81.1 Å². The van der Waals surface area contributed by atoms with Gasteiger partial charge >= 0.3 is 0 Å². The van der Waals surface area contributed by atoms with Gasteiger partial charge in [0.1, 0.15) is 0 Å². The molecular weight excluding hydrogens is 548 g/mol. The molecule has 0 aliphatic rings. The number of nitrogens with one attached hydrogen (secondary N) is 1. The highest BCUT2D eigenvalue weighted by Gasteiger charge is 2.15. The number of nitrogens with zero attached hydrogens (tertiary/aromatic N) is 3. The molecule has 0 unspecified atom stereocenters. The molecule has 0 radical (unpaired) electrons. The fourth-order valence-electron chi connectivity index (χ4n) is 3.36. The fourth-order valence-corrected chi connectivity index (χ4v) is 4.43. The molecule has 0 spiro atoms. The van der Waals surface area contributed by atoms with E-state index < -0.39 is 5.91 Å². The first-order chi connectivity index (χ1) is 17.4. The number of aromatic hydroxyl groups is 1. The van der Waals surface area contributed by atoms with Gasteiger partial charge in [0.2, 0.25) is 5.75 Å². The van der Waals surface area contributed by atoms with Crippen LogP contribution in [-0.2, 0) is 4.79 Å². The highest BCUT2D eigenvalue weighted by Crippen LogP contribution is 2.36. The summed E-state index contributed by atoms with van der Waals surface area (Å²) >= 11 is 4.53. The first-order valence-electron chi connectivity index (χ1n) is 10.6. The third-order valence-corrected chi connectivity index (χ3v) is 6.53. The van der Waals surface area contributed by atoms with Gasteiger partial charge in [0.05, 0.1) is 42.8 Å². The number of phenols is 1. The summed E-state index contributed by atoms with van der Waals surface area (Å²) in [6.45, 7) is 0. The van der Waals surface area contributed by atoms with Crippen molar-refractivity contribution in [3.8, 4) is 22.9 Å². The van der Waals surface area contributed by atoms with Gasteiger partial charge in [-0.15, -0.1) is 0 Å². The molecule has 0 aliphatic heterocycles. The van der Waals surface area contributed by atoms with Gasteiger partial charge in [0, 0.05) is 10.0 Å². The zero-order valence-corrected chi connectivity index (χ0v) is 21.7. The van der Waals surface area contributed by atoms with Crippen LogP contribution in [0.5, 0.6) is 17.2 Å². The molecule has 1 amide bonds. The highest BCUT2D eigenvalue weighted by atomic mass is 79.9. The number of ether oxygens (including phenoxy) is 2. The van der Waals surface area contributed by atoms with E-state index in [-0.39, 0.29) is 28.6 Å². The summed E-state index contributed by atoms with van der Waals surface area (Å²) in [5, 5.41) is 14.8. The number of carbonyl (C=O) groups is 1. The summed E-state index contributed by atoms with van der Waals surface area (Å²) in [5.41, 5.74) is 3.97. The second-order valence-electron chi connectivity index (χ2n) is 7.38. The number of halogens is 1. The number of phenolic OH excluding ortho intramolecular Hbond substituents is 1. The number of thioether (sulfide) groups is 1. The number of carbonyl (C=O) groups excluding carboxylic acids is 1. The average Bonchev–Trinajstić information content (AvgIpc) is 2.89. The quantitative estimate of drug-likeness (QED) is 0.142. The van der Waals surface area contributed by atoms with E-state index in [4.69, 9.17) is 9.47 Å². The minimum Gasteiger partial charge on any atom is -0.502 e. The standard InChI is InChI=1S/C25H21BrN4O5S/c1-34-20-11-15(12-21(35-2)23(20)32)13-27-29-22(31)14-36-25-28-19-6-4-3-5-18(19)24(33)30(25)17-9-7-16(26)8-10-17/h3-13,32H,14H2,1-2H3,(H,29,31). The Labute approximate surface area is 218 Å². The summed E-state index contributed by atoms with van der Waals surface area (Å²) in [7, 11) is 2.84. The number of rotatable bonds is 8. The van der Waals surface area contributed by atoms with Crippen LogP contribution in [0.1, 0.15) is 5.56 Å². The van der Waals surface area contributed by atoms with Crippen LogP contribution in [0.25, 0.3) is 16.6 Å². The zero-order chi connectivity index (χ0) is 25.7. The second-order valence-corrected chi connectivity index (χ2v) is 9.24. The number of para-hydroxylation sites is 1. The van der Waals surface area contributed by atoms with E-state index in [0.717, 1.165) is 16.2 Å². The maximum Gasteiger partial charge on any atom is 0.266 e. The van der Waals surface area contributed by atoms with Crippen LogP contribution in [0.2, 0.25) is 0 Å². The number of aromatic nitrogens is 2. The Bertz CT molecular complexity index is 1480. The molecule has 184 valence electrons. The lowest BCUT2D eigenvalue weighted by atomic mass is 10.2. The van der Waals surface area contributed by atoms with Crippen LogP contribution in [-0.4, -0.2) is 46.8 Å². The second kappa shape index (κ2) is 11.3. The molecule has 3 aromatic carbocycles. The van der Waals surface area contributed by atoms with Gasteiger partial charge < -0.3 is 14.6 Å². The SMILES string of the molecule is COc1cc(C=NNC(=O)CSc2nc3ccccc3c(=O)n2-c2ccc(Br)cc2)cc(OC)c1O. The summed E-state index contributed by atoms with van der Waals surface area (Å²) in [4.78, 5) is 30.4. The van der Waals surface area contributed by atoms with Crippen molar-refractivity contribution >= 4 is 50.7 Å². The van der Waals surface area contributed by atoms with Crippen molar-refractivity contribution in [1.82, 2.24) is 15.0 Å². The minimum atomic E-state index is -0.390. The Morgan fingerprint density at radius 2 is 1.81 bits per heavy atom. The monoisotopic (exact) mass is 568 g/mol. The summed E-state index contributed by atoms with van der Waals surface area (Å²) < 4.78 is 12.6. The Hall–Kier alpha value is -3.83. The van der Waals surface area contributed by atoms with E-state index in [1.807, 2.05) is 18.2 Å².